The van der Waals surface area contributed by atoms with Gasteiger partial charge in [-0.1, -0.05) is 29.3 Å². The number of nitrogens with zero attached hydrogens (tertiary/aromatic N) is 1. The van der Waals surface area contributed by atoms with E-state index in [1.165, 1.54) is 23.8 Å². The first-order chi connectivity index (χ1) is 16.8. The van der Waals surface area contributed by atoms with Crippen molar-refractivity contribution in [3.8, 4) is 0 Å². The molecule has 0 aliphatic heterocycles. The molecule has 0 aromatic heterocycles. The summed E-state index contributed by atoms with van der Waals surface area (Å²) in [5.41, 5.74) is 1.49. The van der Waals surface area contributed by atoms with Gasteiger partial charge in [0.2, 0.25) is 11.8 Å². The summed E-state index contributed by atoms with van der Waals surface area (Å²) in [5.74, 6) is -1.26. The largest absolute Gasteiger partial charge is 0.468 e. The van der Waals surface area contributed by atoms with Crippen LogP contribution in [0.5, 0.6) is 0 Å². The summed E-state index contributed by atoms with van der Waals surface area (Å²) in [6, 6.07) is 3.30. The maximum atomic E-state index is 13.8. The van der Waals surface area contributed by atoms with Gasteiger partial charge < -0.3 is 30.1 Å². The van der Waals surface area contributed by atoms with Crippen molar-refractivity contribution in [3.05, 3.63) is 34.9 Å². The number of hydrogen-bond acceptors (Lipinski definition) is 8. The molecule has 0 bridgehead atoms. The molecule has 202 valence electrons. The lowest BCUT2D eigenvalue weighted by Gasteiger charge is -2.34. The zero-order valence-electron chi connectivity index (χ0n) is 22.2. The van der Waals surface area contributed by atoms with Crippen molar-refractivity contribution >= 4 is 35.6 Å². The van der Waals surface area contributed by atoms with E-state index in [1.807, 2.05) is 26.2 Å². The summed E-state index contributed by atoms with van der Waals surface area (Å²) in [5, 5.41) is 14.9. The van der Waals surface area contributed by atoms with Crippen LogP contribution >= 0.6 is 11.8 Å². The topological polar surface area (TPSA) is 134 Å². The lowest BCUT2D eigenvalue weighted by Crippen LogP contribution is -2.54. The van der Waals surface area contributed by atoms with Crippen LogP contribution in [0.1, 0.15) is 49.9 Å². The lowest BCUT2D eigenvalue weighted by atomic mass is 9.98. The molecule has 36 heavy (non-hydrogen) atoms. The lowest BCUT2D eigenvalue weighted by molar-refractivity contribution is -0.145. The standard InChI is InChI=1S/C25H39N3O7S/c1-16-12-17(2)14-18(13-16)21(22(31)26-15-20(30)34-6)28(9-10-29)23(32)19(8-11-36-7)27-24(33)35-25(3,4)5/h12-14,19,21,29H,8-11,15H2,1-7H3,(H,26,31)(H,27,33). The number of rotatable bonds is 12. The van der Waals surface area contributed by atoms with Gasteiger partial charge in [-0.15, -0.1) is 0 Å². The van der Waals surface area contributed by atoms with Crippen LogP contribution < -0.4 is 10.6 Å². The van der Waals surface area contributed by atoms with E-state index in [-0.39, 0.29) is 19.5 Å². The van der Waals surface area contributed by atoms with Crippen LogP contribution in [-0.2, 0) is 23.9 Å². The Morgan fingerprint density at radius 3 is 2.22 bits per heavy atom. The zero-order valence-corrected chi connectivity index (χ0v) is 23.0. The minimum absolute atomic E-state index is 0.173. The fraction of sp³-hybridized carbons (Fsp3) is 0.600. The average Bonchev–Trinajstić information content (AvgIpc) is 2.77. The molecule has 0 aliphatic rings. The molecule has 0 fully saturated rings. The Balaban J connectivity index is 3.45. The van der Waals surface area contributed by atoms with Gasteiger partial charge in [-0.25, -0.2) is 4.79 Å². The fourth-order valence-corrected chi connectivity index (χ4v) is 4.06. The SMILES string of the molecule is COC(=O)CNC(=O)C(c1cc(C)cc(C)c1)N(CCO)C(=O)C(CCSC)NC(=O)OC(C)(C)C. The van der Waals surface area contributed by atoms with Crippen LogP contribution in [0.3, 0.4) is 0 Å². The Hall–Kier alpha value is -2.79. The van der Waals surface area contributed by atoms with E-state index < -0.39 is 48.2 Å². The molecule has 1 aromatic carbocycles. The van der Waals surface area contributed by atoms with E-state index in [0.717, 1.165) is 11.1 Å². The molecule has 10 nitrogen and oxygen atoms in total. The van der Waals surface area contributed by atoms with Gasteiger partial charge in [0.05, 0.1) is 13.7 Å². The van der Waals surface area contributed by atoms with Gasteiger partial charge in [0.1, 0.15) is 24.2 Å². The Morgan fingerprint density at radius 2 is 1.72 bits per heavy atom. The molecule has 0 aliphatic carbocycles. The number of nitrogens with one attached hydrogen (secondary N) is 2. The second kappa shape index (κ2) is 14.7. The number of ether oxygens (including phenoxy) is 2. The maximum Gasteiger partial charge on any atom is 0.408 e. The van der Waals surface area contributed by atoms with Crippen LogP contribution in [-0.4, -0.2) is 84.3 Å². The van der Waals surface area contributed by atoms with Crippen molar-refractivity contribution in [1.82, 2.24) is 15.5 Å². The van der Waals surface area contributed by atoms with E-state index in [0.29, 0.717) is 11.3 Å². The number of aryl methyl sites for hydroxylation is 2. The molecule has 2 unspecified atom stereocenters. The monoisotopic (exact) mass is 525 g/mol. The number of carbonyl (C=O) groups is 4. The normalized spacial score (nSPS) is 12.8. The van der Waals surface area contributed by atoms with E-state index >= 15 is 0 Å². The summed E-state index contributed by atoms with van der Waals surface area (Å²) >= 11 is 1.50. The number of carbonyl (C=O) groups excluding carboxylic acids is 4. The first-order valence-corrected chi connectivity index (χ1v) is 13.0. The van der Waals surface area contributed by atoms with Crippen LogP contribution in [0, 0.1) is 13.8 Å². The predicted molar refractivity (Wildman–Crippen MR) is 139 cm³/mol. The van der Waals surface area contributed by atoms with E-state index in [1.54, 1.807) is 32.9 Å². The number of alkyl carbamates (subject to hydrolysis) is 1. The van der Waals surface area contributed by atoms with Gasteiger partial charge in [0.25, 0.3) is 0 Å². The second-order valence-electron chi connectivity index (χ2n) is 9.35. The smallest absolute Gasteiger partial charge is 0.408 e. The molecular formula is C25H39N3O7S. The highest BCUT2D eigenvalue weighted by Gasteiger charge is 2.36. The highest BCUT2D eigenvalue weighted by atomic mass is 32.2. The Morgan fingerprint density at radius 1 is 1.11 bits per heavy atom. The molecule has 1 rings (SSSR count). The number of benzene rings is 1. The molecule has 0 spiro atoms. The van der Waals surface area contributed by atoms with Gasteiger partial charge in [-0.05, 0) is 58.6 Å². The second-order valence-corrected chi connectivity index (χ2v) is 10.3. The Kier molecular flexibility index (Phi) is 12.8. The number of esters is 1. The van der Waals surface area contributed by atoms with E-state index in [9.17, 15) is 24.3 Å². The molecule has 1 aromatic rings. The van der Waals surface area contributed by atoms with Crippen LogP contribution in [0.2, 0.25) is 0 Å². The van der Waals surface area contributed by atoms with E-state index in [2.05, 4.69) is 15.4 Å². The van der Waals surface area contributed by atoms with Gasteiger partial charge in [-0.2, -0.15) is 11.8 Å². The first-order valence-electron chi connectivity index (χ1n) is 11.7. The zero-order chi connectivity index (χ0) is 27.5. The Bertz CT molecular complexity index is 897. The molecule has 11 heteroatoms. The molecule has 2 atom stereocenters. The summed E-state index contributed by atoms with van der Waals surface area (Å²) in [7, 11) is 1.20. The van der Waals surface area contributed by atoms with Crippen LogP contribution in [0.4, 0.5) is 4.79 Å². The van der Waals surface area contributed by atoms with E-state index in [4.69, 9.17) is 4.74 Å². The van der Waals surface area contributed by atoms with Crippen LogP contribution in [0.25, 0.3) is 0 Å². The fourth-order valence-electron chi connectivity index (χ4n) is 3.59. The summed E-state index contributed by atoms with van der Waals surface area (Å²) < 4.78 is 9.94. The third-order valence-corrected chi connectivity index (χ3v) is 5.62. The summed E-state index contributed by atoms with van der Waals surface area (Å²) in [6.45, 7) is 7.89. The highest BCUT2D eigenvalue weighted by molar-refractivity contribution is 7.98. The van der Waals surface area contributed by atoms with Gasteiger partial charge in [0.15, 0.2) is 0 Å². The number of thioether (sulfide) groups is 1. The maximum absolute atomic E-state index is 13.8. The summed E-state index contributed by atoms with van der Waals surface area (Å²) in [6.07, 6.45) is 1.40. The average molecular weight is 526 g/mol. The number of hydrogen-bond donors (Lipinski definition) is 3. The first kappa shape index (κ1) is 31.2. The molecular weight excluding hydrogens is 486 g/mol. The molecule has 3 N–H and O–H groups in total. The Labute approximate surface area is 217 Å². The summed E-state index contributed by atoms with van der Waals surface area (Å²) in [4.78, 5) is 52.5. The van der Waals surface area contributed by atoms with Crippen molar-refractivity contribution in [2.45, 2.75) is 58.7 Å². The number of aliphatic hydroxyl groups excluding tert-OH is 1. The minimum Gasteiger partial charge on any atom is -0.468 e. The number of methoxy groups -OCH3 is 1. The molecule has 0 radical (unpaired) electrons. The van der Waals surface area contributed by atoms with Crippen LogP contribution in [0.15, 0.2) is 18.2 Å². The van der Waals surface area contributed by atoms with Crippen molar-refractivity contribution in [2.75, 3.05) is 38.8 Å². The van der Waals surface area contributed by atoms with Crippen molar-refractivity contribution in [1.29, 1.82) is 0 Å². The molecule has 0 saturated carbocycles. The third kappa shape index (κ3) is 10.4. The molecule has 0 saturated heterocycles. The number of amides is 3. The van der Waals surface area contributed by atoms with Gasteiger partial charge >= 0.3 is 12.1 Å². The predicted octanol–water partition coefficient (Wildman–Crippen LogP) is 2.10. The van der Waals surface area contributed by atoms with Crippen molar-refractivity contribution < 1.29 is 33.8 Å². The van der Waals surface area contributed by atoms with Crippen molar-refractivity contribution in [2.24, 2.45) is 0 Å². The molecule has 3 amide bonds. The third-order valence-electron chi connectivity index (χ3n) is 4.98. The van der Waals surface area contributed by atoms with Gasteiger partial charge in [0, 0.05) is 6.54 Å². The van der Waals surface area contributed by atoms with Gasteiger partial charge in [-0.3, -0.25) is 14.4 Å². The quantitative estimate of drug-likeness (QED) is 0.353. The number of aliphatic hydroxyl groups is 1. The molecule has 0 heterocycles. The minimum atomic E-state index is -1.16. The van der Waals surface area contributed by atoms with Crippen molar-refractivity contribution in [3.63, 3.8) is 0 Å². The highest BCUT2D eigenvalue weighted by Crippen LogP contribution is 2.25.